The summed E-state index contributed by atoms with van der Waals surface area (Å²) >= 11 is 3.42. The first-order chi connectivity index (χ1) is 8.48. The van der Waals surface area contributed by atoms with Crippen molar-refractivity contribution < 1.29 is 9.90 Å². The van der Waals surface area contributed by atoms with Crippen LogP contribution >= 0.6 is 23.1 Å². The van der Waals surface area contributed by atoms with Gasteiger partial charge in [0.2, 0.25) is 0 Å². The minimum absolute atomic E-state index is 0.649. The summed E-state index contributed by atoms with van der Waals surface area (Å²) in [6.07, 6.45) is 2.56. The molecule has 6 heteroatoms. The lowest BCUT2D eigenvalue weighted by molar-refractivity contribution is -0.144. The Balaban J connectivity index is 2.20. The molecule has 1 unspecified atom stereocenters. The van der Waals surface area contributed by atoms with Crippen molar-refractivity contribution in [3.63, 3.8) is 0 Å². The van der Waals surface area contributed by atoms with E-state index < -0.39 is 11.5 Å². The number of carbonyl (C=O) groups is 1. The Morgan fingerprint density at radius 3 is 2.83 bits per heavy atom. The van der Waals surface area contributed by atoms with E-state index in [0.717, 1.165) is 28.6 Å². The van der Waals surface area contributed by atoms with Crippen molar-refractivity contribution in [2.24, 2.45) is 0 Å². The maximum atomic E-state index is 11.1. The molecule has 4 nitrogen and oxygen atoms in total. The second-order valence-corrected chi connectivity index (χ2v) is 6.65. The third-order valence-electron chi connectivity index (χ3n) is 2.92. The van der Waals surface area contributed by atoms with Crippen LogP contribution in [-0.4, -0.2) is 34.4 Å². The Labute approximate surface area is 116 Å². The minimum Gasteiger partial charge on any atom is -0.480 e. The molecule has 0 aliphatic rings. The number of thiazole rings is 1. The zero-order valence-electron chi connectivity index (χ0n) is 11.0. The molecule has 0 aromatic carbocycles. The first-order valence-electron chi connectivity index (χ1n) is 5.95. The topological polar surface area (TPSA) is 62.2 Å². The molecule has 0 saturated carbocycles. The largest absolute Gasteiger partial charge is 0.480 e. The van der Waals surface area contributed by atoms with E-state index in [4.69, 9.17) is 5.11 Å². The summed E-state index contributed by atoms with van der Waals surface area (Å²) in [4.78, 5) is 15.4. The standard InChI is InChI=1S/C12H20N2O2S2/c1-9-8-18-11(14-9)17-7-5-4-6-12(2,13-3)10(15)16/h8,13H,4-7H2,1-3H3,(H,15,16). The maximum absolute atomic E-state index is 11.1. The highest BCUT2D eigenvalue weighted by Crippen LogP contribution is 2.24. The lowest BCUT2D eigenvalue weighted by Gasteiger charge is -2.23. The number of hydrogen-bond donors (Lipinski definition) is 2. The molecule has 102 valence electrons. The van der Waals surface area contributed by atoms with Gasteiger partial charge in [0.15, 0.2) is 0 Å². The number of hydrogen-bond acceptors (Lipinski definition) is 5. The Hall–Kier alpha value is -0.590. The summed E-state index contributed by atoms with van der Waals surface area (Å²) in [6.45, 7) is 3.72. The predicted octanol–water partition coefficient (Wildman–Crippen LogP) is 2.78. The van der Waals surface area contributed by atoms with Crippen LogP contribution in [-0.2, 0) is 4.79 Å². The molecule has 1 heterocycles. The quantitative estimate of drug-likeness (QED) is 0.569. The molecular weight excluding hydrogens is 268 g/mol. The van der Waals surface area contributed by atoms with Gasteiger partial charge in [-0.05, 0) is 33.7 Å². The molecule has 1 rings (SSSR count). The number of likely N-dealkylation sites (N-methyl/N-ethyl adjacent to an activating group) is 1. The molecule has 0 amide bonds. The van der Waals surface area contributed by atoms with Crippen molar-refractivity contribution in [2.45, 2.75) is 43.0 Å². The van der Waals surface area contributed by atoms with Gasteiger partial charge in [0.25, 0.3) is 0 Å². The molecule has 0 aliphatic heterocycles. The van der Waals surface area contributed by atoms with Gasteiger partial charge < -0.3 is 10.4 Å². The van der Waals surface area contributed by atoms with Crippen molar-refractivity contribution in [2.75, 3.05) is 12.8 Å². The maximum Gasteiger partial charge on any atom is 0.323 e. The Morgan fingerprint density at radius 1 is 1.61 bits per heavy atom. The number of aryl methyl sites for hydroxylation is 1. The van der Waals surface area contributed by atoms with Crippen molar-refractivity contribution in [1.29, 1.82) is 0 Å². The van der Waals surface area contributed by atoms with Gasteiger partial charge in [-0.2, -0.15) is 0 Å². The van der Waals surface area contributed by atoms with Crippen LogP contribution in [0.25, 0.3) is 0 Å². The number of aliphatic carboxylic acids is 1. The number of nitrogens with zero attached hydrogens (tertiary/aromatic N) is 1. The van der Waals surface area contributed by atoms with Gasteiger partial charge in [-0.3, -0.25) is 4.79 Å². The zero-order chi connectivity index (χ0) is 13.6. The average Bonchev–Trinajstić information content (AvgIpc) is 2.74. The Kier molecular flexibility index (Phi) is 6.11. The normalized spacial score (nSPS) is 14.4. The van der Waals surface area contributed by atoms with E-state index in [9.17, 15) is 4.79 Å². The Bertz CT molecular complexity index is 395. The second kappa shape index (κ2) is 7.11. The Morgan fingerprint density at radius 2 is 2.33 bits per heavy atom. The molecule has 0 bridgehead atoms. The van der Waals surface area contributed by atoms with Crippen LogP contribution < -0.4 is 5.32 Å². The number of thioether (sulfide) groups is 1. The fourth-order valence-electron chi connectivity index (χ4n) is 1.48. The van der Waals surface area contributed by atoms with Crippen LogP contribution in [0.2, 0.25) is 0 Å². The van der Waals surface area contributed by atoms with E-state index in [2.05, 4.69) is 10.3 Å². The van der Waals surface area contributed by atoms with Gasteiger partial charge in [-0.1, -0.05) is 18.2 Å². The summed E-state index contributed by atoms with van der Waals surface area (Å²) in [5.74, 6) is 0.208. The number of carboxylic acids is 1. The van der Waals surface area contributed by atoms with E-state index in [0.29, 0.717) is 6.42 Å². The fourth-order valence-corrected chi connectivity index (χ4v) is 3.40. The van der Waals surface area contributed by atoms with E-state index in [-0.39, 0.29) is 0 Å². The summed E-state index contributed by atoms with van der Waals surface area (Å²) in [5.41, 5.74) is 0.263. The van der Waals surface area contributed by atoms with E-state index in [1.165, 1.54) is 0 Å². The molecule has 2 N–H and O–H groups in total. The van der Waals surface area contributed by atoms with E-state index in [1.54, 1.807) is 37.1 Å². The SMILES string of the molecule is CNC(C)(CCCCSc1nc(C)cs1)C(=O)O. The molecule has 0 radical (unpaired) electrons. The van der Waals surface area contributed by atoms with Gasteiger partial charge in [-0.15, -0.1) is 11.3 Å². The van der Waals surface area contributed by atoms with Gasteiger partial charge in [0, 0.05) is 16.8 Å². The van der Waals surface area contributed by atoms with Crippen LogP contribution in [0.4, 0.5) is 0 Å². The smallest absolute Gasteiger partial charge is 0.323 e. The molecule has 0 spiro atoms. The monoisotopic (exact) mass is 288 g/mol. The molecule has 0 fully saturated rings. The lowest BCUT2D eigenvalue weighted by atomic mass is 9.95. The number of carboxylic acid groups (broad SMARTS) is 1. The van der Waals surface area contributed by atoms with Gasteiger partial charge in [-0.25, -0.2) is 4.98 Å². The third kappa shape index (κ3) is 4.59. The van der Waals surface area contributed by atoms with Crippen LogP contribution in [0.3, 0.4) is 0 Å². The van der Waals surface area contributed by atoms with Crippen molar-refractivity contribution >= 4 is 29.1 Å². The molecule has 0 saturated heterocycles. The highest BCUT2D eigenvalue weighted by atomic mass is 32.2. The first kappa shape index (κ1) is 15.5. The summed E-state index contributed by atoms with van der Waals surface area (Å²) in [5, 5.41) is 14.0. The summed E-state index contributed by atoms with van der Waals surface area (Å²) < 4.78 is 1.10. The fraction of sp³-hybridized carbons (Fsp3) is 0.667. The third-order valence-corrected chi connectivity index (χ3v) is 5.14. The van der Waals surface area contributed by atoms with Crippen molar-refractivity contribution in [3.05, 3.63) is 11.1 Å². The molecular formula is C12H20N2O2S2. The number of unbranched alkanes of at least 4 members (excludes halogenated alkanes) is 1. The minimum atomic E-state index is -0.803. The molecule has 1 atom stereocenters. The lowest BCUT2D eigenvalue weighted by Crippen LogP contribution is -2.47. The van der Waals surface area contributed by atoms with Crippen LogP contribution in [0.1, 0.15) is 31.9 Å². The summed E-state index contributed by atoms with van der Waals surface area (Å²) in [7, 11) is 1.70. The summed E-state index contributed by atoms with van der Waals surface area (Å²) in [6, 6.07) is 0. The van der Waals surface area contributed by atoms with E-state index >= 15 is 0 Å². The van der Waals surface area contributed by atoms with Crippen LogP contribution in [0, 0.1) is 6.92 Å². The second-order valence-electron chi connectivity index (χ2n) is 4.45. The first-order valence-corrected chi connectivity index (χ1v) is 7.82. The molecule has 18 heavy (non-hydrogen) atoms. The average molecular weight is 288 g/mol. The van der Waals surface area contributed by atoms with Crippen LogP contribution in [0.15, 0.2) is 9.72 Å². The number of nitrogens with one attached hydrogen (secondary N) is 1. The van der Waals surface area contributed by atoms with E-state index in [1.807, 2.05) is 12.3 Å². The van der Waals surface area contributed by atoms with Crippen LogP contribution in [0.5, 0.6) is 0 Å². The molecule has 0 aliphatic carbocycles. The molecule has 1 aromatic heterocycles. The van der Waals surface area contributed by atoms with Gasteiger partial charge in [0.05, 0.1) is 0 Å². The van der Waals surface area contributed by atoms with Gasteiger partial charge in [0.1, 0.15) is 9.88 Å². The highest BCUT2D eigenvalue weighted by Gasteiger charge is 2.29. The van der Waals surface area contributed by atoms with Crippen molar-refractivity contribution in [1.82, 2.24) is 10.3 Å². The van der Waals surface area contributed by atoms with Crippen molar-refractivity contribution in [3.8, 4) is 0 Å². The molecule has 1 aromatic rings. The highest BCUT2D eigenvalue weighted by molar-refractivity contribution is 8.00. The predicted molar refractivity (Wildman–Crippen MR) is 76.5 cm³/mol. The zero-order valence-corrected chi connectivity index (χ0v) is 12.7. The number of rotatable bonds is 8. The van der Waals surface area contributed by atoms with Gasteiger partial charge >= 0.3 is 5.97 Å². The number of aromatic nitrogens is 1.